The Morgan fingerprint density at radius 3 is 1.38 bits per heavy atom. The number of hydrogen-bond acceptors (Lipinski definition) is 49. The summed E-state index contributed by atoms with van der Waals surface area (Å²) in [4.78, 5) is 107. The minimum atomic E-state index is -5.26. The van der Waals surface area contributed by atoms with E-state index in [-0.39, 0.29) is 153 Å². The van der Waals surface area contributed by atoms with Crippen molar-refractivity contribution in [2.75, 3.05) is 177 Å². The summed E-state index contributed by atoms with van der Waals surface area (Å²) in [5, 5.41) is 103. The van der Waals surface area contributed by atoms with Crippen LogP contribution in [0.4, 0.5) is 5.82 Å². The molecule has 0 bridgehead atoms. The van der Waals surface area contributed by atoms with Crippen LogP contribution in [0.2, 0.25) is 1.41 Å². The molecule has 0 saturated carbocycles. The number of phosphoric ester groups is 5. The number of aliphatic hydroxyl groups is 10. The van der Waals surface area contributed by atoms with Crippen molar-refractivity contribution in [2.24, 2.45) is 28.7 Å². The van der Waals surface area contributed by atoms with E-state index < -0.39 is 300 Å². The molecule has 0 aliphatic carbocycles. The number of nitrogens with two attached hydrogens (primary N) is 2. The van der Waals surface area contributed by atoms with E-state index in [1.807, 2.05) is 0 Å². The number of ether oxygens (including phenoxy) is 12. The van der Waals surface area contributed by atoms with Crippen LogP contribution in [0.15, 0.2) is 12.7 Å². The molecule has 55 nitrogen and oxygen atoms in total. The summed E-state index contributed by atoms with van der Waals surface area (Å²) in [6.07, 6.45) is -12.6. The average Bonchev–Trinajstić information content (AvgIpc) is 1.63. The Balaban J connectivity index is 0.0000327. The third-order valence-electron chi connectivity index (χ3n) is 20.9. The number of imidazole rings is 1. The van der Waals surface area contributed by atoms with Crippen molar-refractivity contribution >= 4 is 83.1 Å². The number of unbranched alkanes of at least 4 members (excludes halogenated alkanes) is 9. The van der Waals surface area contributed by atoms with Crippen molar-refractivity contribution in [3.05, 3.63) is 12.7 Å². The number of nitrogens with zero attached hydrogens (tertiary/aromatic N) is 4. The summed E-state index contributed by atoms with van der Waals surface area (Å²) in [7, 11) is -33.5. The first kappa shape index (κ1) is 122. The fourth-order valence-electron chi connectivity index (χ4n) is 13.4. The number of hydrogen-bond donors (Lipinski definition) is 16. The van der Waals surface area contributed by atoms with Crippen LogP contribution in [0.25, 0.3) is 11.2 Å². The maximum absolute atomic E-state index is 13.8. The summed E-state index contributed by atoms with van der Waals surface area (Å²) >= 11 is 0. The van der Waals surface area contributed by atoms with Crippen molar-refractivity contribution in [3.63, 3.8) is 0 Å². The van der Waals surface area contributed by atoms with Crippen LogP contribution >= 0.6 is 54.7 Å². The average molecular weight is 2320 g/mol. The van der Waals surface area contributed by atoms with Gasteiger partial charge >= 0.3 is 23.2 Å². The molecule has 4 aliphatic heterocycles. The first-order chi connectivity index (χ1) is 64.0. The van der Waals surface area contributed by atoms with E-state index in [4.69, 9.17) is 114 Å². The maximum Gasteiger partial charge on any atom is 0.474 e. The predicted molar refractivity (Wildman–Crippen MR) is 452 cm³/mol. The minimum absolute atomic E-state index is 0. The number of carbonyl (C=O) groups excluding carboxylic acids is 2. The zero-order valence-electron chi connectivity index (χ0n) is 76.0. The van der Waals surface area contributed by atoms with Gasteiger partial charge in [0, 0.05) is 102 Å². The number of fused-ring (bicyclic) bond motifs is 1. The number of aromatic nitrogens is 4. The van der Waals surface area contributed by atoms with Gasteiger partial charge < -0.3 is 185 Å². The van der Waals surface area contributed by atoms with Gasteiger partial charge in [0.2, 0.25) is 5.91 Å². The molecule has 786 valence electrons. The van der Waals surface area contributed by atoms with Gasteiger partial charge in [0.05, 0.1) is 142 Å². The van der Waals surface area contributed by atoms with Gasteiger partial charge in [-0.2, -0.15) is 0 Å². The van der Waals surface area contributed by atoms with E-state index >= 15 is 0 Å². The molecule has 135 heavy (non-hydrogen) atoms. The van der Waals surface area contributed by atoms with Crippen molar-refractivity contribution in [1.82, 2.24) is 24.8 Å². The van der Waals surface area contributed by atoms with E-state index in [0.29, 0.717) is 57.8 Å². The Labute approximate surface area is 805 Å². The first-order valence-electron chi connectivity index (χ1n) is 43.9. The van der Waals surface area contributed by atoms with Gasteiger partial charge in [0.25, 0.3) is 29.0 Å². The molecule has 6 heterocycles. The number of carbonyl (C=O) groups is 2. The number of anilines is 1. The van der Waals surface area contributed by atoms with Gasteiger partial charge in [0.1, 0.15) is 88.4 Å². The van der Waals surface area contributed by atoms with Gasteiger partial charge in [-0.1, -0.05) is 52.4 Å². The van der Waals surface area contributed by atoms with Crippen molar-refractivity contribution in [2.45, 2.75) is 222 Å². The molecule has 4 fully saturated rings. The molecule has 63 heteroatoms. The molecule has 2 aromatic rings. The van der Waals surface area contributed by atoms with Gasteiger partial charge in [-0.25, -0.2) is 24.1 Å². The van der Waals surface area contributed by atoms with Gasteiger partial charge in [-0.3, -0.25) is 56.0 Å². The second-order valence-electron chi connectivity index (χ2n) is 31.9. The number of nitrogens with one attached hydrogen (secondary N) is 1. The Kier molecular flexibility index (Phi) is 57.8. The van der Waals surface area contributed by atoms with Crippen LogP contribution in [0.5, 0.6) is 0 Å². The fraction of sp³-hybridized carbons (Fsp3) is 0.903. The van der Waals surface area contributed by atoms with Crippen LogP contribution < -0.4 is 31.2 Å². The van der Waals surface area contributed by atoms with Crippen molar-refractivity contribution < 1.29 is 261 Å². The van der Waals surface area contributed by atoms with Crippen LogP contribution in [-0.4, -0.2) is 360 Å². The summed E-state index contributed by atoms with van der Waals surface area (Å²) < 4.78 is 223. The van der Waals surface area contributed by atoms with E-state index in [2.05, 4.69) is 20.3 Å². The monoisotopic (exact) mass is 2320 g/mol. The van der Waals surface area contributed by atoms with Crippen molar-refractivity contribution in [1.29, 1.82) is 0 Å². The van der Waals surface area contributed by atoms with Gasteiger partial charge in [0.15, 0.2) is 43.9 Å². The number of rotatable bonds is 76. The van der Waals surface area contributed by atoms with Crippen LogP contribution in [0.3, 0.4) is 0 Å². The summed E-state index contributed by atoms with van der Waals surface area (Å²) in [5.74, 6) is -2.77. The number of amides is 1. The van der Waals surface area contributed by atoms with Crippen LogP contribution in [0, 0.1) is 54.3 Å². The molecule has 4 saturated heterocycles. The first-order valence-corrected chi connectivity index (χ1v) is 54.0. The molecule has 2 aromatic heterocycles. The number of nitrogen functional groups attached to an aromatic ring is 1. The van der Waals surface area contributed by atoms with E-state index in [9.17, 15) is 122 Å². The molecule has 1 amide bonds. The minimum Gasteiger partial charge on any atom is -0.756 e. The Morgan fingerprint density at radius 2 is 0.948 bits per heavy atom. The summed E-state index contributed by atoms with van der Waals surface area (Å²) in [5.41, 5.74) is 4.55. The molecule has 0 spiro atoms. The quantitative estimate of drug-likeness (QED) is 0.0205. The summed E-state index contributed by atoms with van der Waals surface area (Å²) in [6.45, 7) is -7.07. The molecule has 18 N–H and O–H groups in total. The molecule has 0 radical (unpaired) electrons. The molecule has 4 aliphatic rings. The Bertz CT molecular complexity index is 3970. The second-order valence-corrected chi connectivity index (χ2v) is 42.0. The summed E-state index contributed by atoms with van der Waals surface area (Å²) in [6, 6.07) is -1.15. The third kappa shape index (κ3) is 45.6. The Morgan fingerprint density at radius 1 is 0.533 bits per heavy atom. The maximum atomic E-state index is 13.8. The standard InChI is InChI=1S/C72H136N7O48P7.U/c1-48-61(86)63(88)53(33-81)124-69(48)110-22-10-4-7-13-25-113-130(95,96)116-28-16-19-105-40-72(41-106-20-17-29-117-131(97,98)114-26-14-8-5-11-23-111-70-49(2)62(87)64(89)54(34-82)125-70,42-107-21-18-30-118-132(99,100)115-27-15-9-6-12-24-112-71-59(78-50(3)84)66(91)65(90)55(35-83)126-71)43-120-133(101,102)121-46-108-36-51(32-80)37-109-47-122-134(103,104)127-52-31-57(79-45-77-60-67(73)75-44-76-68(60)79)123-56(52)38-119-129(93,94)58(85)39-128(74)92;/h44-45,48-49,51-57,59,61-66,69-71,80-83,86-91,128H,4-43,46-47H2,1-3H3,(H2,74,92)(H,78,84)(H,93,94)(H,95,96)(H,97,98)(H,99,100)(H,101,102)(H,103,104)(H2,73,75,76);/p-3/t48?,49?,51?,52-,53?,54?,55?,56+,57+,59?,61+,62+,63-,64-,65-,66+,69+,70+,71+,72?;/m0./s1/i/hD. The fourth-order valence-corrected chi connectivity index (χ4v) is 19.3. The number of phosphoric acid groups is 5. The smallest absolute Gasteiger partial charge is 0.474 e. The van der Waals surface area contributed by atoms with E-state index in [1.165, 1.54) is 17.8 Å². The normalized spacial score (nSPS) is 28.2. The van der Waals surface area contributed by atoms with Crippen LogP contribution in [0.1, 0.15) is 130 Å². The zero-order valence-corrected chi connectivity index (χ0v) is 85.5. The number of aliphatic hydroxyl groups excluding tert-OH is 10. The molecule has 26 atom stereocenters. The van der Waals surface area contributed by atoms with E-state index in [0.717, 1.165) is 6.33 Å². The molecule has 14 unspecified atom stereocenters. The van der Waals surface area contributed by atoms with Crippen molar-refractivity contribution in [3.8, 4) is 0 Å². The van der Waals surface area contributed by atoms with Gasteiger partial charge in [-0.05, 0) is 57.8 Å². The molecular formula is C72H133N7O48P7U-3. The predicted octanol–water partition coefficient (Wildman–Crippen LogP) is -1.41. The third-order valence-corrected chi connectivity index (χ3v) is 28.0. The Hall–Kier alpha value is -1.45. The topological polar surface area (TPSA) is 806 Å². The van der Waals surface area contributed by atoms with Gasteiger partial charge in [-0.15, -0.1) is 0 Å². The largest absolute Gasteiger partial charge is 0.756 e. The zero-order chi connectivity index (χ0) is 99.4. The molecular weight excluding hydrogens is 2190 g/mol. The van der Waals surface area contributed by atoms with Crippen LogP contribution in [-0.2, 0) is 148 Å². The molecule has 0 aromatic carbocycles. The SMILES string of the molecule is [2H]N[PH](=O)CC(=O)P(=O)(O)OC[C@H]1O[C@@H](n2cnc3c(N)ncnc32)C[C@@H]1OP(=O)(O)OCOCC(CO)COCOP(=O)(O)OCC(COCCCOP(=O)([O-])OCCCCCCO[C@@H]1OC(CO)[C@H](O)[C@H](O)C1C)(COCCCOP(=O)([O-])OCCCCCCO[C@@H]1OC(CO)[C@H](O)[C@H](O)C1C)COCCCOP(=O)([O-])OCCCCCCO[C@@H]1OC(CO)[C@H](O)[C@H](O)C1NC(C)=O.[U]. The second kappa shape index (κ2) is 63.8. The molecule has 6 rings (SSSR count). The van der Waals surface area contributed by atoms with E-state index in [1.54, 1.807) is 19.3 Å².